The molecule has 7 nitrogen and oxygen atoms in total. The van der Waals surface area contributed by atoms with Crippen molar-refractivity contribution < 1.29 is 28.5 Å². The van der Waals surface area contributed by atoms with E-state index < -0.39 is 11.2 Å². The molecule has 1 spiro atoms. The van der Waals surface area contributed by atoms with Crippen LogP contribution in [-0.2, 0) is 35.1 Å². The Morgan fingerprint density at radius 3 is 2.49 bits per heavy atom. The van der Waals surface area contributed by atoms with Crippen molar-refractivity contribution in [2.75, 3.05) is 33.5 Å². The molecule has 35 heavy (non-hydrogen) atoms. The lowest BCUT2D eigenvalue weighted by Crippen LogP contribution is -2.58. The van der Waals surface area contributed by atoms with E-state index >= 15 is 0 Å². The number of hydrogen-bond acceptors (Lipinski definition) is 6. The van der Waals surface area contributed by atoms with Gasteiger partial charge in [-0.25, -0.2) is 0 Å². The standard InChI is InChI=1S/C28H39NO6/c1-5-33-23(30)12-11-20-21-13-27(34-16-26(2,3)17-35-27)14-22-24(20)29(4)25(31)28(21,22)18-32-15-19-9-7-6-8-10-19/h6-10,20-22,24H,5,11-18H2,1-4H3/t20-,21-,22+,24-,28+/m1/s1. The monoisotopic (exact) mass is 485 g/mol. The summed E-state index contributed by atoms with van der Waals surface area (Å²) in [5.74, 6) is -0.354. The summed E-state index contributed by atoms with van der Waals surface area (Å²) in [5, 5.41) is 0. The van der Waals surface area contributed by atoms with Gasteiger partial charge in [0.1, 0.15) is 0 Å². The number of nitrogens with zero attached hydrogens (tertiary/aromatic N) is 1. The number of likely N-dealkylation sites (tertiary alicyclic amines) is 1. The molecule has 0 aromatic heterocycles. The normalized spacial score (nSPS) is 34.4. The molecule has 192 valence electrons. The van der Waals surface area contributed by atoms with Gasteiger partial charge in [-0.2, -0.15) is 0 Å². The first-order valence-corrected chi connectivity index (χ1v) is 13.0. The second-order valence-corrected chi connectivity index (χ2v) is 11.7. The lowest BCUT2D eigenvalue weighted by molar-refractivity contribution is -0.326. The zero-order valence-corrected chi connectivity index (χ0v) is 21.5. The molecule has 1 aromatic rings. The van der Waals surface area contributed by atoms with E-state index in [-0.39, 0.29) is 41.1 Å². The Morgan fingerprint density at radius 1 is 1.11 bits per heavy atom. The van der Waals surface area contributed by atoms with Gasteiger partial charge in [-0.05, 0) is 30.7 Å². The SMILES string of the molecule is CCOC(=O)CC[C@H]1[C@@H]2[C@@H]3CC4(C[C@H]1[C@]3(COCc1ccccc1)C(=O)N2C)OCC(C)(C)CO4. The summed E-state index contributed by atoms with van der Waals surface area (Å²) in [5.41, 5.74) is 0.477. The summed E-state index contributed by atoms with van der Waals surface area (Å²) in [7, 11) is 1.91. The number of carbonyl (C=O) groups excluding carboxylic acids is 2. The molecule has 2 heterocycles. The number of carbonyl (C=O) groups is 2. The minimum atomic E-state index is -0.657. The van der Waals surface area contributed by atoms with Crippen molar-refractivity contribution in [2.45, 2.75) is 64.9 Å². The van der Waals surface area contributed by atoms with Gasteiger partial charge in [-0.15, -0.1) is 0 Å². The minimum absolute atomic E-state index is 0.0207. The average molecular weight is 486 g/mol. The molecular formula is C28H39NO6. The molecule has 0 radical (unpaired) electrons. The molecular weight excluding hydrogens is 446 g/mol. The Hall–Kier alpha value is -1.96. The van der Waals surface area contributed by atoms with Gasteiger partial charge in [-0.3, -0.25) is 9.59 Å². The number of hydrogen-bond donors (Lipinski definition) is 0. The van der Waals surface area contributed by atoms with Crippen LogP contribution in [0.4, 0.5) is 0 Å². The molecule has 4 bridgehead atoms. The predicted molar refractivity (Wildman–Crippen MR) is 129 cm³/mol. The maximum absolute atomic E-state index is 13.8. The molecule has 5 atom stereocenters. The molecule has 2 saturated heterocycles. The first-order valence-electron chi connectivity index (χ1n) is 13.0. The Labute approximate surface area is 208 Å². The van der Waals surface area contributed by atoms with Crippen molar-refractivity contribution in [3.8, 4) is 0 Å². The van der Waals surface area contributed by atoms with Crippen molar-refractivity contribution in [1.29, 1.82) is 0 Å². The average Bonchev–Trinajstić information content (AvgIpc) is 3.12. The molecule has 5 rings (SSSR count). The molecule has 4 fully saturated rings. The van der Waals surface area contributed by atoms with Gasteiger partial charge in [0, 0.05) is 43.7 Å². The van der Waals surface area contributed by atoms with Crippen LogP contribution in [0.5, 0.6) is 0 Å². The van der Waals surface area contributed by atoms with Crippen LogP contribution >= 0.6 is 0 Å². The third-order valence-corrected chi connectivity index (χ3v) is 8.81. The summed E-state index contributed by atoms with van der Waals surface area (Å²) in [4.78, 5) is 27.9. The molecule has 7 heteroatoms. The first-order chi connectivity index (χ1) is 16.7. The largest absolute Gasteiger partial charge is 0.466 e. The second kappa shape index (κ2) is 9.16. The van der Waals surface area contributed by atoms with Gasteiger partial charge < -0.3 is 23.8 Å². The van der Waals surface area contributed by atoms with Gasteiger partial charge in [0.2, 0.25) is 5.91 Å². The molecule has 1 aromatic carbocycles. The van der Waals surface area contributed by atoms with Gasteiger partial charge in [0.15, 0.2) is 5.79 Å². The summed E-state index contributed by atoms with van der Waals surface area (Å²) in [6.45, 7) is 8.67. The maximum atomic E-state index is 13.8. The predicted octanol–water partition coefficient (Wildman–Crippen LogP) is 3.80. The summed E-state index contributed by atoms with van der Waals surface area (Å²) < 4.78 is 24.4. The van der Waals surface area contributed by atoms with E-state index in [9.17, 15) is 9.59 Å². The second-order valence-electron chi connectivity index (χ2n) is 11.7. The molecule has 2 saturated carbocycles. The molecule has 2 aliphatic heterocycles. The highest BCUT2D eigenvalue weighted by atomic mass is 16.7. The Morgan fingerprint density at radius 2 is 1.80 bits per heavy atom. The highest BCUT2D eigenvalue weighted by Gasteiger charge is 2.75. The summed E-state index contributed by atoms with van der Waals surface area (Å²) in [6, 6.07) is 10.1. The van der Waals surface area contributed by atoms with Gasteiger partial charge >= 0.3 is 5.97 Å². The number of esters is 1. The summed E-state index contributed by atoms with van der Waals surface area (Å²) in [6.07, 6.45) is 2.41. The maximum Gasteiger partial charge on any atom is 0.305 e. The van der Waals surface area contributed by atoms with Crippen molar-refractivity contribution >= 4 is 11.9 Å². The van der Waals surface area contributed by atoms with E-state index in [4.69, 9.17) is 18.9 Å². The zero-order valence-electron chi connectivity index (χ0n) is 21.5. The van der Waals surface area contributed by atoms with E-state index in [2.05, 4.69) is 13.8 Å². The van der Waals surface area contributed by atoms with Crippen molar-refractivity contribution in [2.24, 2.45) is 28.6 Å². The number of rotatable bonds is 8. The fourth-order valence-corrected chi connectivity index (χ4v) is 7.28. The van der Waals surface area contributed by atoms with Crippen LogP contribution in [0, 0.1) is 28.6 Å². The van der Waals surface area contributed by atoms with E-state index in [0.717, 1.165) is 5.56 Å². The Balaban J connectivity index is 1.41. The number of ether oxygens (including phenoxy) is 4. The highest BCUT2D eigenvalue weighted by molar-refractivity contribution is 5.88. The smallest absolute Gasteiger partial charge is 0.305 e. The minimum Gasteiger partial charge on any atom is -0.466 e. The van der Waals surface area contributed by atoms with E-state index in [1.165, 1.54) is 0 Å². The van der Waals surface area contributed by atoms with Crippen LogP contribution < -0.4 is 0 Å². The van der Waals surface area contributed by atoms with E-state index in [0.29, 0.717) is 58.7 Å². The zero-order chi connectivity index (χ0) is 24.8. The van der Waals surface area contributed by atoms with Gasteiger partial charge in [0.25, 0.3) is 0 Å². The third kappa shape index (κ3) is 4.19. The topological polar surface area (TPSA) is 74.3 Å². The van der Waals surface area contributed by atoms with Crippen LogP contribution in [0.25, 0.3) is 0 Å². The molecule has 1 amide bonds. The Bertz CT molecular complexity index is 938. The number of amides is 1. The molecule has 2 aliphatic carbocycles. The van der Waals surface area contributed by atoms with Crippen molar-refractivity contribution in [1.82, 2.24) is 4.90 Å². The number of benzene rings is 1. The highest BCUT2D eigenvalue weighted by Crippen LogP contribution is 2.68. The lowest BCUT2D eigenvalue weighted by atomic mass is 9.62. The van der Waals surface area contributed by atoms with E-state index in [1.807, 2.05) is 49.2 Å². The number of piperidine rings is 1. The van der Waals surface area contributed by atoms with Crippen LogP contribution in [0.15, 0.2) is 30.3 Å². The Kier molecular flexibility index (Phi) is 6.47. The summed E-state index contributed by atoms with van der Waals surface area (Å²) >= 11 is 0. The quantitative estimate of drug-likeness (QED) is 0.522. The van der Waals surface area contributed by atoms with E-state index in [1.54, 1.807) is 0 Å². The van der Waals surface area contributed by atoms with Crippen LogP contribution in [0.1, 0.15) is 52.0 Å². The fraction of sp³-hybridized carbons (Fsp3) is 0.714. The van der Waals surface area contributed by atoms with Gasteiger partial charge in [-0.1, -0.05) is 44.2 Å². The molecule has 0 unspecified atom stereocenters. The lowest BCUT2D eigenvalue weighted by Gasteiger charge is -2.52. The van der Waals surface area contributed by atoms with Crippen LogP contribution in [-0.4, -0.2) is 62.1 Å². The fourth-order valence-electron chi connectivity index (χ4n) is 7.28. The first kappa shape index (κ1) is 24.7. The molecule has 0 N–H and O–H groups in total. The van der Waals surface area contributed by atoms with Gasteiger partial charge in [0.05, 0.1) is 38.4 Å². The van der Waals surface area contributed by atoms with Crippen LogP contribution in [0.3, 0.4) is 0 Å². The van der Waals surface area contributed by atoms with Crippen LogP contribution in [0.2, 0.25) is 0 Å². The third-order valence-electron chi connectivity index (χ3n) is 8.81. The van der Waals surface area contributed by atoms with Crippen molar-refractivity contribution in [3.05, 3.63) is 35.9 Å². The molecule has 4 aliphatic rings. The van der Waals surface area contributed by atoms with Crippen molar-refractivity contribution in [3.63, 3.8) is 0 Å².